The molecule has 4 nitrogen and oxygen atoms in total. The van der Waals surface area contributed by atoms with Gasteiger partial charge in [-0.2, -0.15) is 0 Å². The van der Waals surface area contributed by atoms with Gasteiger partial charge in [0, 0.05) is 13.2 Å². The molecule has 0 aromatic rings. The summed E-state index contributed by atoms with van der Waals surface area (Å²) >= 11 is 0. The van der Waals surface area contributed by atoms with Crippen LogP contribution in [0.15, 0.2) is 0 Å². The molecule has 1 aliphatic heterocycles. The normalized spacial score (nSPS) is 28.6. The highest BCUT2D eigenvalue weighted by molar-refractivity contribution is 5.78. The van der Waals surface area contributed by atoms with Gasteiger partial charge in [-0.3, -0.25) is 10.1 Å². The van der Waals surface area contributed by atoms with Crippen LogP contribution in [0.2, 0.25) is 0 Å². The molecule has 0 amide bonds. The Hall–Kier alpha value is -0.610. The average Bonchev–Trinajstić information content (AvgIpc) is 2.80. The molecule has 1 atom stereocenters. The van der Waals surface area contributed by atoms with Crippen molar-refractivity contribution in [1.29, 1.82) is 0 Å². The van der Waals surface area contributed by atoms with Gasteiger partial charge in [-0.05, 0) is 25.7 Å². The summed E-state index contributed by atoms with van der Waals surface area (Å²) in [7, 11) is 0. The van der Waals surface area contributed by atoms with Crippen molar-refractivity contribution in [1.82, 2.24) is 5.32 Å². The Bertz CT molecular complexity index is 266. The molecule has 0 aromatic carbocycles. The minimum absolute atomic E-state index is 0.215. The molecule has 2 fully saturated rings. The second kappa shape index (κ2) is 6.53. The quantitative estimate of drug-likeness (QED) is 0.809. The topological polar surface area (TPSA) is 58.6 Å². The second-order valence-corrected chi connectivity index (χ2v) is 5.67. The average molecular weight is 255 g/mol. The van der Waals surface area contributed by atoms with E-state index in [2.05, 4.69) is 5.32 Å². The van der Waals surface area contributed by atoms with Gasteiger partial charge in [0.25, 0.3) is 0 Å². The van der Waals surface area contributed by atoms with Gasteiger partial charge in [0.1, 0.15) is 5.54 Å². The van der Waals surface area contributed by atoms with Crippen molar-refractivity contribution >= 4 is 5.97 Å². The highest BCUT2D eigenvalue weighted by atomic mass is 16.5. The number of carboxylic acids is 1. The smallest absolute Gasteiger partial charge is 0.323 e. The van der Waals surface area contributed by atoms with Crippen LogP contribution >= 0.6 is 0 Å². The number of ether oxygens (including phenoxy) is 1. The molecule has 2 rings (SSSR count). The third kappa shape index (κ3) is 3.45. The molecule has 1 saturated heterocycles. The summed E-state index contributed by atoms with van der Waals surface area (Å²) in [5, 5.41) is 12.9. The summed E-state index contributed by atoms with van der Waals surface area (Å²) in [5.41, 5.74) is -0.702. The molecule has 104 valence electrons. The number of aliphatic carboxylic acids is 1. The molecular weight excluding hydrogens is 230 g/mol. The Balaban J connectivity index is 1.92. The summed E-state index contributed by atoms with van der Waals surface area (Å²) in [6.07, 6.45) is 9.51. The zero-order valence-electron chi connectivity index (χ0n) is 11.1. The van der Waals surface area contributed by atoms with Crippen molar-refractivity contribution in [2.24, 2.45) is 0 Å². The van der Waals surface area contributed by atoms with Crippen LogP contribution in [-0.4, -0.2) is 35.9 Å². The summed E-state index contributed by atoms with van der Waals surface area (Å²) < 4.78 is 5.57. The molecule has 18 heavy (non-hydrogen) atoms. The van der Waals surface area contributed by atoms with Crippen LogP contribution < -0.4 is 5.32 Å². The minimum atomic E-state index is -0.702. The van der Waals surface area contributed by atoms with E-state index in [1.807, 2.05) is 0 Å². The van der Waals surface area contributed by atoms with Crippen molar-refractivity contribution in [2.75, 3.05) is 13.2 Å². The number of carboxylic acid groups (broad SMARTS) is 1. The fraction of sp³-hybridized carbons (Fsp3) is 0.929. The van der Waals surface area contributed by atoms with E-state index in [1.165, 1.54) is 6.42 Å². The molecule has 0 radical (unpaired) electrons. The maximum Gasteiger partial charge on any atom is 0.323 e. The van der Waals surface area contributed by atoms with Crippen LogP contribution in [0.3, 0.4) is 0 Å². The summed E-state index contributed by atoms with van der Waals surface area (Å²) in [4.78, 5) is 11.6. The van der Waals surface area contributed by atoms with E-state index in [4.69, 9.17) is 4.74 Å². The van der Waals surface area contributed by atoms with E-state index in [1.54, 1.807) is 0 Å². The van der Waals surface area contributed by atoms with Crippen molar-refractivity contribution < 1.29 is 14.6 Å². The van der Waals surface area contributed by atoms with Gasteiger partial charge in [-0.15, -0.1) is 0 Å². The van der Waals surface area contributed by atoms with Gasteiger partial charge in [-0.25, -0.2) is 0 Å². The van der Waals surface area contributed by atoms with Crippen LogP contribution in [-0.2, 0) is 9.53 Å². The van der Waals surface area contributed by atoms with E-state index in [-0.39, 0.29) is 6.10 Å². The summed E-state index contributed by atoms with van der Waals surface area (Å²) in [6.45, 7) is 1.51. The first-order valence-corrected chi connectivity index (χ1v) is 7.33. The van der Waals surface area contributed by atoms with Gasteiger partial charge in [0.2, 0.25) is 0 Å². The standard InChI is InChI=1S/C14H25NO3/c16-13(17)14(8-4-2-1-3-5-9-14)15-11-12-7-6-10-18-12/h12,15H,1-11H2,(H,16,17). The molecular formula is C14H25NO3. The van der Waals surface area contributed by atoms with Crippen LogP contribution in [0.25, 0.3) is 0 Å². The van der Waals surface area contributed by atoms with Gasteiger partial charge < -0.3 is 9.84 Å². The fourth-order valence-electron chi connectivity index (χ4n) is 3.09. The summed E-state index contributed by atoms with van der Waals surface area (Å²) in [6, 6.07) is 0. The molecule has 1 heterocycles. The first-order chi connectivity index (χ1) is 8.73. The molecule has 1 aliphatic carbocycles. The number of carbonyl (C=O) groups is 1. The van der Waals surface area contributed by atoms with E-state index in [9.17, 15) is 9.90 Å². The third-order valence-corrected chi connectivity index (χ3v) is 4.31. The monoisotopic (exact) mass is 255 g/mol. The van der Waals surface area contributed by atoms with E-state index >= 15 is 0 Å². The maximum atomic E-state index is 11.6. The molecule has 0 spiro atoms. The molecule has 1 unspecified atom stereocenters. The lowest BCUT2D eigenvalue weighted by Crippen LogP contribution is -2.54. The number of rotatable bonds is 4. The van der Waals surface area contributed by atoms with Crippen LogP contribution in [0.1, 0.15) is 57.8 Å². The largest absolute Gasteiger partial charge is 0.480 e. The predicted octanol–water partition coefficient (Wildman–Crippen LogP) is 2.32. The highest BCUT2D eigenvalue weighted by Crippen LogP contribution is 2.27. The SMILES string of the molecule is O=C(O)C1(NCC2CCCO2)CCCCCCC1. The lowest BCUT2D eigenvalue weighted by molar-refractivity contribution is -0.146. The molecule has 1 saturated carbocycles. The molecule has 4 heteroatoms. The van der Waals surface area contributed by atoms with E-state index in [0.717, 1.165) is 58.0 Å². The Morgan fingerprint density at radius 3 is 2.39 bits per heavy atom. The zero-order chi connectivity index (χ0) is 12.8. The summed E-state index contributed by atoms with van der Waals surface area (Å²) in [5.74, 6) is -0.678. The van der Waals surface area contributed by atoms with Crippen molar-refractivity contribution in [3.05, 3.63) is 0 Å². The Kier molecular flexibility index (Phi) is 5.01. The van der Waals surface area contributed by atoms with Crippen molar-refractivity contribution in [3.63, 3.8) is 0 Å². The third-order valence-electron chi connectivity index (χ3n) is 4.31. The van der Waals surface area contributed by atoms with Gasteiger partial charge >= 0.3 is 5.97 Å². The van der Waals surface area contributed by atoms with Crippen LogP contribution in [0.5, 0.6) is 0 Å². The van der Waals surface area contributed by atoms with Crippen LogP contribution in [0, 0.1) is 0 Å². The Morgan fingerprint density at radius 1 is 1.17 bits per heavy atom. The van der Waals surface area contributed by atoms with Crippen molar-refractivity contribution in [2.45, 2.75) is 69.4 Å². The van der Waals surface area contributed by atoms with Crippen LogP contribution in [0.4, 0.5) is 0 Å². The molecule has 2 aliphatic rings. The predicted molar refractivity (Wildman–Crippen MR) is 69.7 cm³/mol. The van der Waals surface area contributed by atoms with Gasteiger partial charge in [-0.1, -0.05) is 32.1 Å². The molecule has 2 N–H and O–H groups in total. The zero-order valence-corrected chi connectivity index (χ0v) is 11.1. The maximum absolute atomic E-state index is 11.6. The first kappa shape index (κ1) is 13.8. The first-order valence-electron chi connectivity index (χ1n) is 7.33. The molecule has 0 aromatic heterocycles. The molecule has 0 bridgehead atoms. The number of hydrogen-bond acceptors (Lipinski definition) is 3. The highest BCUT2D eigenvalue weighted by Gasteiger charge is 2.38. The lowest BCUT2D eigenvalue weighted by atomic mass is 9.83. The lowest BCUT2D eigenvalue weighted by Gasteiger charge is -2.33. The second-order valence-electron chi connectivity index (χ2n) is 5.67. The van der Waals surface area contributed by atoms with Gasteiger partial charge in [0.15, 0.2) is 0 Å². The Morgan fingerprint density at radius 2 is 1.83 bits per heavy atom. The minimum Gasteiger partial charge on any atom is -0.480 e. The van der Waals surface area contributed by atoms with E-state index in [0.29, 0.717) is 6.54 Å². The number of nitrogens with one attached hydrogen (secondary N) is 1. The Labute approximate surface area is 109 Å². The van der Waals surface area contributed by atoms with Crippen molar-refractivity contribution in [3.8, 4) is 0 Å². The van der Waals surface area contributed by atoms with E-state index < -0.39 is 11.5 Å². The van der Waals surface area contributed by atoms with Gasteiger partial charge in [0.05, 0.1) is 6.10 Å². The number of hydrogen-bond donors (Lipinski definition) is 2. The fourth-order valence-corrected chi connectivity index (χ4v) is 3.09.